The van der Waals surface area contributed by atoms with Crippen LogP contribution >= 0.6 is 23.2 Å². The van der Waals surface area contributed by atoms with Gasteiger partial charge in [-0.25, -0.2) is 4.79 Å². The second-order valence-electron chi connectivity index (χ2n) is 7.32. The number of carboxylic acids is 1. The zero-order valence-corrected chi connectivity index (χ0v) is 18.3. The fourth-order valence-electron chi connectivity index (χ4n) is 3.77. The summed E-state index contributed by atoms with van der Waals surface area (Å²) in [6, 6.07) is 15.6. The second-order valence-corrected chi connectivity index (χ2v) is 8.19. The lowest BCUT2D eigenvalue weighted by atomic mass is 9.97. The molecule has 0 unspecified atom stereocenters. The highest BCUT2D eigenvalue weighted by Crippen LogP contribution is 2.38. The first kappa shape index (κ1) is 22.3. The van der Waals surface area contributed by atoms with E-state index in [1.807, 2.05) is 6.07 Å². The summed E-state index contributed by atoms with van der Waals surface area (Å²) in [6.07, 6.45) is 0. The number of hydrogen-bond donors (Lipinski definition) is 2. The first-order valence-corrected chi connectivity index (χ1v) is 10.5. The maximum atomic E-state index is 13.8. The van der Waals surface area contributed by atoms with Gasteiger partial charge in [-0.2, -0.15) is 5.26 Å². The third kappa shape index (κ3) is 4.27. The Bertz CT molecular complexity index is 1300. The largest absolute Gasteiger partial charge is 0.479 e. The number of nitrogens with one attached hydrogen (secondary N) is 1. The van der Waals surface area contributed by atoms with Crippen molar-refractivity contribution in [2.24, 2.45) is 0 Å². The fraction of sp³-hybridized carbons (Fsp3) is 0.0833. The summed E-state index contributed by atoms with van der Waals surface area (Å²) < 4.78 is 0. The molecule has 0 saturated heterocycles. The Labute approximate surface area is 198 Å². The maximum Gasteiger partial charge on any atom is 0.331 e. The Balaban J connectivity index is 1.96. The molecule has 0 aromatic heterocycles. The van der Waals surface area contributed by atoms with E-state index < -0.39 is 29.9 Å². The van der Waals surface area contributed by atoms with Gasteiger partial charge >= 0.3 is 5.97 Å². The second kappa shape index (κ2) is 8.94. The Morgan fingerprint density at radius 1 is 1.00 bits per heavy atom. The number of hydrogen-bond acceptors (Lipinski definition) is 4. The number of amides is 2. The van der Waals surface area contributed by atoms with E-state index in [0.29, 0.717) is 15.6 Å². The SMILES string of the molecule is N#Cc1ccc2c(c1)C(=O)N([C@H](C(=O)O)c1ccc(Cl)cc1)[C@@H](c1ccc(Cl)cc1)C(=O)N2. The summed E-state index contributed by atoms with van der Waals surface area (Å²) >= 11 is 12.0. The number of nitrogens with zero attached hydrogens (tertiary/aromatic N) is 2. The number of carbonyl (C=O) groups is 3. The summed E-state index contributed by atoms with van der Waals surface area (Å²) in [5.74, 6) is -2.66. The van der Waals surface area contributed by atoms with Gasteiger partial charge in [0.15, 0.2) is 6.04 Å². The molecular formula is C24H15Cl2N3O4. The molecule has 2 amide bonds. The minimum absolute atomic E-state index is 0.0130. The van der Waals surface area contributed by atoms with Crippen molar-refractivity contribution >= 4 is 46.7 Å². The van der Waals surface area contributed by atoms with E-state index >= 15 is 0 Å². The Hall–Kier alpha value is -3.86. The molecule has 1 aliphatic heterocycles. The van der Waals surface area contributed by atoms with E-state index in [2.05, 4.69) is 5.32 Å². The number of rotatable bonds is 4. The van der Waals surface area contributed by atoms with Crippen molar-refractivity contribution in [3.05, 3.63) is 99.0 Å². The predicted molar refractivity (Wildman–Crippen MR) is 122 cm³/mol. The van der Waals surface area contributed by atoms with E-state index in [-0.39, 0.29) is 22.4 Å². The molecule has 2 atom stereocenters. The van der Waals surface area contributed by atoms with Gasteiger partial charge in [-0.15, -0.1) is 0 Å². The van der Waals surface area contributed by atoms with Crippen LogP contribution in [0.5, 0.6) is 0 Å². The van der Waals surface area contributed by atoms with Gasteiger partial charge in [-0.05, 0) is 53.6 Å². The fourth-order valence-corrected chi connectivity index (χ4v) is 4.03. The Kier molecular flexibility index (Phi) is 6.05. The van der Waals surface area contributed by atoms with E-state index in [1.54, 1.807) is 24.3 Å². The minimum Gasteiger partial charge on any atom is -0.479 e. The molecule has 3 aromatic rings. The van der Waals surface area contributed by atoms with Crippen molar-refractivity contribution in [3.8, 4) is 6.07 Å². The lowest BCUT2D eigenvalue weighted by Gasteiger charge is -2.34. The molecule has 2 N–H and O–H groups in total. The summed E-state index contributed by atoms with van der Waals surface area (Å²) in [6.45, 7) is 0. The Morgan fingerprint density at radius 3 is 2.18 bits per heavy atom. The van der Waals surface area contributed by atoms with Crippen molar-refractivity contribution in [2.75, 3.05) is 5.32 Å². The van der Waals surface area contributed by atoms with Crippen LogP contribution in [0.1, 0.15) is 39.1 Å². The van der Waals surface area contributed by atoms with E-state index in [1.165, 1.54) is 42.5 Å². The number of carbonyl (C=O) groups excluding carboxylic acids is 2. The maximum absolute atomic E-state index is 13.8. The molecule has 0 saturated carbocycles. The van der Waals surface area contributed by atoms with E-state index in [4.69, 9.17) is 23.2 Å². The molecule has 0 radical (unpaired) electrons. The molecular weight excluding hydrogens is 465 g/mol. The smallest absolute Gasteiger partial charge is 0.331 e. The van der Waals surface area contributed by atoms with Gasteiger partial charge in [0.1, 0.15) is 6.04 Å². The summed E-state index contributed by atoms with van der Waals surface area (Å²) in [5.41, 5.74) is 1.02. The van der Waals surface area contributed by atoms with Crippen LogP contribution in [0.4, 0.5) is 5.69 Å². The average molecular weight is 480 g/mol. The number of carboxylic acid groups (broad SMARTS) is 1. The quantitative estimate of drug-likeness (QED) is 0.556. The number of anilines is 1. The molecule has 164 valence electrons. The van der Waals surface area contributed by atoms with Crippen LogP contribution in [0.3, 0.4) is 0 Å². The van der Waals surface area contributed by atoms with Crippen molar-refractivity contribution in [1.29, 1.82) is 5.26 Å². The van der Waals surface area contributed by atoms with Crippen molar-refractivity contribution in [1.82, 2.24) is 4.90 Å². The number of benzene rings is 3. The van der Waals surface area contributed by atoms with Crippen LogP contribution in [0.2, 0.25) is 10.0 Å². The lowest BCUT2D eigenvalue weighted by molar-refractivity contribution is -0.144. The van der Waals surface area contributed by atoms with Crippen LogP contribution in [0, 0.1) is 11.3 Å². The molecule has 1 heterocycles. The van der Waals surface area contributed by atoms with E-state index in [9.17, 15) is 24.8 Å². The van der Waals surface area contributed by atoms with Crippen LogP contribution in [-0.2, 0) is 9.59 Å². The lowest BCUT2D eigenvalue weighted by Crippen LogP contribution is -2.44. The highest BCUT2D eigenvalue weighted by atomic mass is 35.5. The molecule has 9 heteroatoms. The normalized spacial score (nSPS) is 16.3. The molecule has 33 heavy (non-hydrogen) atoms. The number of fused-ring (bicyclic) bond motifs is 1. The van der Waals surface area contributed by atoms with E-state index in [0.717, 1.165) is 4.90 Å². The predicted octanol–water partition coefficient (Wildman–Crippen LogP) is 4.83. The first-order chi connectivity index (χ1) is 15.8. The van der Waals surface area contributed by atoms with Crippen LogP contribution < -0.4 is 5.32 Å². The summed E-state index contributed by atoms with van der Waals surface area (Å²) in [7, 11) is 0. The molecule has 3 aromatic carbocycles. The van der Waals surface area contributed by atoms with Crippen molar-refractivity contribution in [2.45, 2.75) is 12.1 Å². The van der Waals surface area contributed by atoms with Gasteiger partial charge in [0.25, 0.3) is 11.8 Å². The molecule has 7 nitrogen and oxygen atoms in total. The molecule has 1 aliphatic rings. The molecule has 4 rings (SSSR count). The van der Waals surface area contributed by atoms with Gasteiger partial charge in [0, 0.05) is 10.0 Å². The molecule has 0 spiro atoms. The first-order valence-electron chi connectivity index (χ1n) is 9.71. The number of nitriles is 1. The standard InChI is InChI=1S/C24H15Cl2N3O4/c25-16-6-2-14(3-7-16)20-22(30)28-19-10-1-13(12-27)11-18(19)23(31)29(20)21(24(32)33)15-4-8-17(26)9-5-15/h1-11,20-21H,(H,28,30)(H,32,33)/t20-,21-/m0/s1. The highest BCUT2D eigenvalue weighted by molar-refractivity contribution is 6.30. The van der Waals surface area contributed by atoms with Gasteiger partial charge in [-0.3, -0.25) is 9.59 Å². The van der Waals surface area contributed by atoms with Crippen molar-refractivity contribution in [3.63, 3.8) is 0 Å². The average Bonchev–Trinajstić information content (AvgIpc) is 2.90. The van der Waals surface area contributed by atoms with Gasteiger partial charge < -0.3 is 15.3 Å². The number of aliphatic carboxylic acids is 1. The molecule has 0 bridgehead atoms. The zero-order valence-electron chi connectivity index (χ0n) is 16.8. The molecule has 0 fully saturated rings. The zero-order chi connectivity index (χ0) is 23.7. The van der Waals surface area contributed by atoms with Gasteiger partial charge in [0.2, 0.25) is 0 Å². The highest BCUT2D eigenvalue weighted by Gasteiger charge is 2.43. The van der Waals surface area contributed by atoms with Crippen LogP contribution in [0.25, 0.3) is 0 Å². The number of halogens is 2. The third-order valence-corrected chi connectivity index (χ3v) is 5.79. The summed E-state index contributed by atoms with van der Waals surface area (Å²) in [4.78, 5) is 40.7. The van der Waals surface area contributed by atoms with Crippen LogP contribution in [-0.4, -0.2) is 27.8 Å². The summed E-state index contributed by atoms with van der Waals surface area (Å²) in [5, 5.41) is 23.0. The monoisotopic (exact) mass is 479 g/mol. The Morgan fingerprint density at radius 2 is 1.61 bits per heavy atom. The third-order valence-electron chi connectivity index (χ3n) is 5.28. The topological polar surface area (TPSA) is 110 Å². The van der Waals surface area contributed by atoms with Gasteiger partial charge in [0.05, 0.1) is 22.9 Å². The molecule has 0 aliphatic carbocycles. The van der Waals surface area contributed by atoms with Crippen LogP contribution in [0.15, 0.2) is 66.7 Å². The minimum atomic E-state index is -1.52. The van der Waals surface area contributed by atoms with Crippen molar-refractivity contribution < 1.29 is 19.5 Å². The van der Waals surface area contributed by atoms with Gasteiger partial charge in [-0.1, -0.05) is 47.5 Å².